The van der Waals surface area contributed by atoms with Crippen molar-refractivity contribution in [2.24, 2.45) is 12.8 Å². The van der Waals surface area contributed by atoms with Crippen LogP contribution in [0, 0.1) is 0 Å². The molecule has 1 aliphatic rings. The van der Waals surface area contributed by atoms with Gasteiger partial charge in [0, 0.05) is 32.4 Å². The number of aromatic nitrogens is 4. The molecule has 2 aromatic rings. The minimum atomic E-state index is -4.55. The maximum absolute atomic E-state index is 13.1. The fraction of sp³-hybridized carbons (Fsp3) is 0.500. The number of rotatable bonds is 2. The van der Waals surface area contributed by atoms with Crippen LogP contribution in [-0.2, 0) is 13.2 Å². The van der Waals surface area contributed by atoms with E-state index in [4.69, 9.17) is 5.73 Å². The maximum atomic E-state index is 13.1. The van der Waals surface area contributed by atoms with Crippen LogP contribution in [0.5, 0.6) is 0 Å². The lowest BCUT2D eigenvalue weighted by molar-refractivity contribution is -0.141. The average Bonchev–Trinajstić information content (AvgIpc) is 3.17. The topological polar surface area (TPSA) is 98.9 Å². The molecule has 0 radical (unpaired) electrons. The highest BCUT2D eigenvalue weighted by molar-refractivity contribution is 5.66. The highest BCUT2D eigenvalue weighted by Gasteiger charge is 2.38. The SMILES string of the molecule is CN.Cn1cc(-c2cc(N3CCCC3)nc(N)n2)c(C(F)(F)F)n1. The summed E-state index contributed by atoms with van der Waals surface area (Å²) in [6, 6.07) is 1.54. The van der Waals surface area contributed by atoms with Crippen LogP contribution in [0.2, 0.25) is 0 Å². The number of nitrogens with two attached hydrogens (primary N) is 2. The Morgan fingerprint density at radius 3 is 2.33 bits per heavy atom. The Kier molecular flexibility index (Phi) is 5.27. The zero-order valence-electron chi connectivity index (χ0n) is 13.5. The zero-order valence-corrected chi connectivity index (χ0v) is 13.5. The summed E-state index contributed by atoms with van der Waals surface area (Å²) in [6.07, 6.45) is -1.21. The van der Waals surface area contributed by atoms with Crippen LogP contribution in [0.4, 0.5) is 24.9 Å². The van der Waals surface area contributed by atoms with E-state index in [2.05, 4.69) is 20.8 Å². The minimum Gasteiger partial charge on any atom is -0.368 e. The normalized spacial score (nSPS) is 14.5. The van der Waals surface area contributed by atoms with Gasteiger partial charge in [-0.05, 0) is 19.9 Å². The molecule has 0 aliphatic carbocycles. The Morgan fingerprint density at radius 1 is 1.12 bits per heavy atom. The van der Waals surface area contributed by atoms with Gasteiger partial charge in [0.15, 0.2) is 5.69 Å². The predicted octanol–water partition coefficient (Wildman–Crippen LogP) is 1.65. The van der Waals surface area contributed by atoms with Crippen LogP contribution < -0.4 is 16.4 Å². The standard InChI is InChI=1S/C13H15F3N6.CH5N/c1-21-7-8(11(20-21)13(14,15)16)9-6-10(19-12(17)18-9)22-4-2-3-5-22;1-2/h6-7H,2-5H2,1H3,(H2,17,18,19);2H2,1H3. The summed E-state index contributed by atoms with van der Waals surface area (Å²) in [4.78, 5) is 10.1. The first kappa shape index (κ1) is 18.0. The van der Waals surface area contributed by atoms with Crippen molar-refractivity contribution in [2.45, 2.75) is 19.0 Å². The molecule has 4 N–H and O–H groups in total. The Hall–Kier alpha value is -2.36. The molecule has 3 heterocycles. The lowest BCUT2D eigenvalue weighted by atomic mass is 10.1. The van der Waals surface area contributed by atoms with Gasteiger partial charge in [-0.1, -0.05) is 0 Å². The molecule has 0 amide bonds. The van der Waals surface area contributed by atoms with Gasteiger partial charge in [0.25, 0.3) is 0 Å². The highest BCUT2D eigenvalue weighted by atomic mass is 19.4. The third kappa shape index (κ3) is 3.75. The van der Waals surface area contributed by atoms with E-state index in [1.54, 1.807) is 0 Å². The molecule has 0 saturated carbocycles. The summed E-state index contributed by atoms with van der Waals surface area (Å²) in [5.74, 6) is 0.508. The molecule has 10 heteroatoms. The van der Waals surface area contributed by atoms with Gasteiger partial charge < -0.3 is 16.4 Å². The molecule has 0 aromatic carbocycles. The first-order chi connectivity index (χ1) is 11.3. The van der Waals surface area contributed by atoms with E-state index in [0.29, 0.717) is 5.82 Å². The van der Waals surface area contributed by atoms with E-state index in [0.717, 1.165) is 30.6 Å². The molecule has 1 aliphatic heterocycles. The molecular weight excluding hydrogens is 323 g/mol. The summed E-state index contributed by atoms with van der Waals surface area (Å²) in [5.41, 5.74) is 9.24. The molecular formula is C14H20F3N7. The molecule has 1 fully saturated rings. The van der Waals surface area contributed by atoms with E-state index in [1.807, 2.05) is 4.90 Å². The first-order valence-electron chi connectivity index (χ1n) is 7.43. The number of anilines is 2. The summed E-state index contributed by atoms with van der Waals surface area (Å²) in [7, 11) is 2.94. The lowest BCUT2D eigenvalue weighted by Gasteiger charge is -2.17. The van der Waals surface area contributed by atoms with Crippen molar-refractivity contribution >= 4 is 11.8 Å². The van der Waals surface area contributed by atoms with Crippen molar-refractivity contribution in [1.82, 2.24) is 19.7 Å². The Morgan fingerprint density at radius 2 is 1.75 bits per heavy atom. The molecule has 132 valence electrons. The molecule has 0 spiro atoms. The molecule has 0 atom stereocenters. The zero-order chi connectivity index (χ0) is 17.9. The summed E-state index contributed by atoms with van der Waals surface area (Å²) >= 11 is 0. The van der Waals surface area contributed by atoms with Gasteiger partial charge in [-0.3, -0.25) is 4.68 Å². The lowest BCUT2D eigenvalue weighted by Crippen LogP contribution is -2.20. The van der Waals surface area contributed by atoms with E-state index >= 15 is 0 Å². The molecule has 2 aromatic heterocycles. The first-order valence-corrected chi connectivity index (χ1v) is 7.43. The van der Waals surface area contributed by atoms with Gasteiger partial charge in [-0.25, -0.2) is 4.98 Å². The van der Waals surface area contributed by atoms with Crippen LogP contribution in [-0.4, -0.2) is 39.9 Å². The number of alkyl halides is 3. The van der Waals surface area contributed by atoms with Crippen molar-refractivity contribution in [3.8, 4) is 11.3 Å². The second-order valence-electron chi connectivity index (χ2n) is 5.23. The van der Waals surface area contributed by atoms with Crippen LogP contribution in [0.15, 0.2) is 12.3 Å². The third-order valence-corrected chi connectivity index (χ3v) is 3.53. The Balaban J connectivity index is 0.00000100. The number of nitrogen functional groups attached to an aromatic ring is 1. The van der Waals surface area contributed by atoms with Gasteiger partial charge in [-0.15, -0.1) is 0 Å². The van der Waals surface area contributed by atoms with Gasteiger partial charge in [0.05, 0.1) is 11.3 Å². The van der Waals surface area contributed by atoms with Gasteiger partial charge >= 0.3 is 6.18 Å². The quantitative estimate of drug-likeness (QED) is 0.860. The van der Waals surface area contributed by atoms with Gasteiger partial charge in [0.1, 0.15) is 5.82 Å². The van der Waals surface area contributed by atoms with E-state index in [-0.39, 0.29) is 17.2 Å². The molecule has 1 saturated heterocycles. The van der Waals surface area contributed by atoms with Crippen LogP contribution in [0.3, 0.4) is 0 Å². The second-order valence-corrected chi connectivity index (χ2v) is 5.23. The Bertz CT molecular complexity index is 690. The fourth-order valence-corrected chi connectivity index (χ4v) is 2.58. The molecule has 7 nitrogen and oxygen atoms in total. The average molecular weight is 343 g/mol. The van der Waals surface area contributed by atoms with E-state index < -0.39 is 11.9 Å². The number of aryl methyl sites for hydroxylation is 1. The van der Waals surface area contributed by atoms with Crippen molar-refractivity contribution < 1.29 is 13.2 Å². The number of hydrogen-bond acceptors (Lipinski definition) is 6. The number of nitrogens with zero attached hydrogens (tertiary/aromatic N) is 5. The van der Waals surface area contributed by atoms with Crippen LogP contribution >= 0.6 is 0 Å². The van der Waals surface area contributed by atoms with Gasteiger partial charge in [0.2, 0.25) is 5.95 Å². The smallest absolute Gasteiger partial charge is 0.368 e. The van der Waals surface area contributed by atoms with Crippen molar-refractivity contribution in [2.75, 3.05) is 30.8 Å². The van der Waals surface area contributed by atoms with Crippen molar-refractivity contribution in [1.29, 1.82) is 0 Å². The highest BCUT2D eigenvalue weighted by Crippen LogP contribution is 2.36. The largest absolute Gasteiger partial charge is 0.435 e. The molecule has 0 bridgehead atoms. The summed E-state index contributed by atoms with van der Waals surface area (Å²) in [6.45, 7) is 1.63. The summed E-state index contributed by atoms with van der Waals surface area (Å²) < 4.78 is 40.4. The molecule has 0 unspecified atom stereocenters. The van der Waals surface area contributed by atoms with Crippen molar-refractivity contribution in [3.63, 3.8) is 0 Å². The minimum absolute atomic E-state index is 0.0450. The van der Waals surface area contributed by atoms with Crippen molar-refractivity contribution in [3.05, 3.63) is 18.0 Å². The fourth-order valence-electron chi connectivity index (χ4n) is 2.58. The van der Waals surface area contributed by atoms with Gasteiger partial charge in [-0.2, -0.15) is 23.3 Å². The molecule has 3 rings (SSSR count). The maximum Gasteiger partial charge on any atom is 0.435 e. The monoisotopic (exact) mass is 343 g/mol. The predicted molar refractivity (Wildman–Crippen MR) is 85.2 cm³/mol. The summed E-state index contributed by atoms with van der Waals surface area (Å²) in [5, 5.41) is 3.49. The second kappa shape index (κ2) is 7.04. The van der Waals surface area contributed by atoms with Crippen LogP contribution in [0.25, 0.3) is 11.3 Å². The number of halogens is 3. The molecule has 24 heavy (non-hydrogen) atoms. The Labute approximate surface area is 137 Å². The third-order valence-electron chi connectivity index (χ3n) is 3.53. The van der Waals surface area contributed by atoms with Crippen LogP contribution in [0.1, 0.15) is 18.5 Å². The number of hydrogen-bond donors (Lipinski definition) is 2. The van der Waals surface area contributed by atoms with E-state index in [9.17, 15) is 13.2 Å². The van der Waals surface area contributed by atoms with E-state index in [1.165, 1.54) is 26.4 Å².